The van der Waals surface area contributed by atoms with E-state index in [0.717, 1.165) is 18.9 Å². The van der Waals surface area contributed by atoms with Crippen LogP contribution >= 0.6 is 0 Å². The van der Waals surface area contributed by atoms with Crippen LogP contribution in [0.2, 0.25) is 0 Å². The lowest BCUT2D eigenvalue weighted by Gasteiger charge is -2.07. The summed E-state index contributed by atoms with van der Waals surface area (Å²) in [5.41, 5.74) is 0.255. The van der Waals surface area contributed by atoms with Gasteiger partial charge in [-0.3, -0.25) is 18.8 Å². The largest absolute Gasteiger partial charge is 0.381 e. The molecule has 1 aliphatic rings. The maximum absolute atomic E-state index is 12.2. The Bertz CT molecular complexity index is 747. The van der Waals surface area contributed by atoms with Crippen molar-refractivity contribution >= 4 is 16.9 Å². The van der Waals surface area contributed by atoms with Crippen molar-refractivity contribution in [1.82, 2.24) is 24.6 Å². The average molecular weight is 319 g/mol. The number of carbonyl (C=O) groups is 1. The number of ether oxygens (including phenoxy) is 1. The van der Waals surface area contributed by atoms with Crippen molar-refractivity contribution in [2.75, 3.05) is 19.8 Å². The maximum atomic E-state index is 12.2. The van der Waals surface area contributed by atoms with Crippen molar-refractivity contribution in [3.8, 4) is 0 Å². The number of nitrogens with zero attached hydrogens (tertiary/aromatic N) is 4. The first-order valence-corrected chi connectivity index (χ1v) is 7.86. The van der Waals surface area contributed by atoms with E-state index in [9.17, 15) is 9.59 Å². The van der Waals surface area contributed by atoms with Gasteiger partial charge in [-0.1, -0.05) is 0 Å². The minimum atomic E-state index is -0.258. The SMILES string of the molecule is Cn1ncc2c(=O)n(CC(=O)NCCCOCC3CC3)cnc21. The highest BCUT2D eigenvalue weighted by molar-refractivity contribution is 5.77. The molecule has 23 heavy (non-hydrogen) atoms. The summed E-state index contributed by atoms with van der Waals surface area (Å²) in [7, 11) is 1.72. The van der Waals surface area contributed by atoms with Crippen LogP contribution in [-0.2, 0) is 23.1 Å². The van der Waals surface area contributed by atoms with Crippen molar-refractivity contribution in [3.05, 3.63) is 22.9 Å². The standard InChI is InChI=1S/C15H21N5O3/c1-19-14-12(7-18-19)15(22)20(10-17-14)8-13(21)16-5-2-6-23-9-11-3-4-11/h7,10-11H,2-6,8-9H2,1H3,(H,16,21). The van der Waals surface area contributed by atoms with Crippen LogP contribution in [0.3, 0.4) is 0 Å². The molecule has 3 rings (SSSR count). The van der Waals surface area contributed by atoms with E-state index in [2.05, 4.69) is 15.4 Å². The van der Waals surface area contributed by atoms with Gasteiger partial charge in [-0.25, -0.2) is 4.98 Å². The van der Waals surface area contributed by atoms with Crippen LogP contribution in [0.15, 0.2) is 17.3 Å². The lowest BCUT2D eigenvalue weighted by Crippen LogP contribution is -2.33. The second kappa shape index (κ2) is 6.91. The Morgan fingerprint density at radius 1 is 1.48 bits per heavy atom. The van der Waals surface area contributed by atoms with Gasteiger partial charge in [-0.2, -0.15) is 5.10 Å². The Hall–Kier alpha value is -2.22. The molecule has 0 unspecified atom stereocenters. The highest BCUT2D eigenvalue weighted by Gasteiger charge is 2.20. The van der Waals surface area contributed by atoms with Crippen molar-refractivity contribution in [1.29, 1.82) is 0 Å². The van der Waals surface area contributed by atoms with Gasteiger partial charge in [0.15, 0.2) is 5.65 Å². The molecule has 8 heteroatoms. The Morgan fingerprint density at radius 3 is 3.09 bits per heavy atom. The van der Waals surface area contributed by atoms with Crippen LogP contribution in [0.25, 0.3) is 11.0 Å². The Morgan fingerprint density at radius 2 is 2.30 bits per heavy atom. The number of nitrogens with one attached hydrogen (secondary N) is 1. The fourth-order valence-corrected chi connectivity index (χ4v) is 2.33. The topological polar surface area (TPSA) is 91.0 Å². The molecule has 1 aliphatic carbocycles. The molecule has 0 spiro atoms. The molecule has 0 aliphatic heterocycles. The molecule has 1 amide bonds. The van der Waals surface area contributed by atoms with Gasteiger partial charge in [-0.15, -0.1) is 0 Å². The average Bonchev–Trinajstić information content (AvgIpc) is 3.28. The fraction of sp³-hybridized carbons (Fsp3) is 0.600. The van der Waals surface area contributed by atoms with E-state index in [0.29, 0.717) is 24.2 Å². The smallest absolute Gasteiger partial charge is 0.264 e. The second-order valence-corrected chi connectivity index (χ2v) is 5.90. The lowest BCUT2D eigenvalue weighted by molar-refractivity contribution is -0.121. The summed E-state index contributed by atoms with van der Waals surface area (Å²) in [4.78, 5) is 28.3. The summed E-state index contributed by atoms with van der Waals surface area (Å²) in [6.07, 6.45) is 6.18. The number of hydrogen-bond acceptors (Lipinski definition) is 5. The van der Waals surface area contributed by atoms with Gasteiger partial charge >= 0.3 is 0 Å². The molecule has 0 radical (unpaired) electrons. The second-order valence-electron chi connectivity index (χ2n) is 5.90. The number of aromatic nitrogens is 4. The summed E-state index contributed by atoms with van der Waals surface area (Å²) in [5.74, 6) is 0.547. The Balaban J connectivity index is 1.45. The molecule has 1 N–H and O–H groups in total. The number of amides is 1. The lowest BCUT2D eigenvalue weighted by atomic mass is 10.4. The molecule has 0 bridgehead atoms. The summed E-state index contributed by atoms with van der Waals surface area (Å²) >= 11 is 0. The van der Waals surface area contributed by atoms with E-state index in [1.165, 1.54) is 34.6 Å². The van der Waals surface area contributed by atoms with Crippen molar-refractivity contribution in [2.24, 2.45) is 13.0 Å². The molecular weight excluding hydrogens is 298 g/mol. The van der Waals surface area contributed by atoms with Crippen molar-refractivity contribution in [2.45, 2.75) is 25.8 Å². The van der Waals surface area contributed by atoms with Gasteiger partial charge in [0.2, 0.25) is 5.91 Å². The van der Waals surface area contributed by atoms with Crippen LogP contribution in [0.5, 0.6) is 0 Å². The van der Waals surface area contributed by atoms with Gasteiger partial charge in [0.1, 0.15) is 18.3 Å². The highest BCUT2D eigenvalue weighted by atomic mass is 16.5. The monoisotopic (exact) mass is 319 g/mol. The third-order valence-electron chi connectivity index (χ3n) is 3.87. The highest BCUT2D eigenvalue weighted by Crippen LogP contribution is 2.28. The quantitative estimate of drug-likeness (QED) is 0.695. The van der Waals surface area contributed by atoms with Gasteiger partial charge < -0.3 is 10.1 Å². The number of rotatable bonds is 8. The molecule has 1 fully saturated rings. The van der Waals surface area contributed by atoms with Crippen LogP contribution in [0.4, 0.5) is 0 Å². The number of hydrogen-bond donors (Lipinski definition) is 1. The summed E-state index contributed by atoms with van der Waals surface area (Å²) in [6.45, 7) is 1.99. The minimum absolute atomic E-state index is 0.0421. The van der Waals surface area contributed by atoms with E-state index < -0.39 is 0 Å². The van der Waals surface area contributed by atoms with Crippen molar-refractivity contribution < 1.29 is 9.53 Å². The molecule has 124 valence electrons. The minimum Gasteiger partial charge on any atom is -0.381 e. The first-order chi connectivity index (χ1) is 11.1. The molecule has 2 aromatic heterocycles. The van der Waals surface area contributed by atoms with Crippen molar-refractivity contribution in [3.63, 3.8) is 0 Å². The zero-order valence-electron chi connectivity index (χ0n) is 13.2. The normalized spacial score (nSPS) is 14.3. The third-order valence-corrected chi connectivity index (χ3v) is 3.87. The van der Waals surface area contributed by atoms with Gasteiger partial charge in [0, 0.05) is 26.8 Å². The molecule has 0 atom stereocenters. The summed E-state index contributed by atoms with van der Waals surface area (Å²) in [6, 6.07) is 0. The third kappa shape index (κ3) is 3.95. The molecule has 2 aromatic rings. The van der Waals surface area contributed by atoms with Crippen LogP contribution < -0.4 is 10.9 Å². The van der Waals surface area contributed by atoms with E-state index in [1.807, 2.05) is 0 Å². The van der Waals surface area contributed by atoms with Crippen LogP contribution in [0.1, 0.15) is 19.3 Å². The number of aryl methyl sites for hydroxylation is 1. The van der Waals surface area contributed by atoms with E-state index in [-0.39, 0.29) is 18.0 Å². The zero-order valence-corrected chi connectivity index (χ0v) is 13.2. The van der Waals surface area contributed by atoms with Crippen LogP contribution in [-0.4, -0.2) is 45.0 Å². The summed E-state index contributed by atoms with van der Waals surface area (Å²) < 4.78 is 8.33. The molecule has 2 heterocycles. The van der Waals surface area contributed by atoms with Crippen LogP contribution in [0, 0.1) is 5.92 Å². The van der Waals surface area contributed by atoms with E-state index in [4.69, 9.17) is 4.74 Å². The van der Waals surface area contributed by atoms with Gasteiger partial charge in [-0.05, 0) is 25.2 Å². The van der Waals surface area contributed by atoms with E-state index in [1.54, 1.807) is 7.05 Å². The van der Waals surface area contributed by atoms with E-state index >= 15 is 0 Å². The van der Waals surface area contributed by atoms with Gasteiger partial charge in [0.05, 0.1) is 6.20 Å². The maximum Gasteiger partial charge on any atom is 0.264 e. The molecule has 0 saturated heterocycles. The zero-order chi connectivity index (χ0) is 16.2. The molecular formula is C15H21N5O3. The summed E-state index contributed by atoms with van der Waals surface area (Å²) in [5, 5.41) is 7.20. The molecule has 1 saturated carbocycles. The fourth-order valence-electron chi connectivity index (χ4n) is 2.33. The molecule has 8 nitrogen and oxygen atoms in total. The first kappa shape index (κ1) is 15.7. The number of carbonyl (C=O) groups excluding carboxylic acids is 1. The van der Waals surface area contributed by atoms with Gasteiger partial charge in [0.25, 0.3) is 5.56 Å². The Kier molecular flexibility index (Phi) is 4.71. The molecule has 0 aromatic carbocycles. The predicted molar refractivity (Wildman–Crippen MR) is 83.9 cm³/mol. The first-order valence-electron chi connectivity index (χ1n) is 7.86. The Labute approximate surface area is 133 Å². The predicted octanol–water partition coefficient (Wildman–Crippen LogP) is 0.0629. The number of fused-ring (bicyclic) bond motifs is 1.